The van der Waals surface area contributed by atoms with Crippen LogP contribution in [-0.4, -0.2) is 42.1 Å². The number of hydrogen-bond acceptors (Lipinski definition) is 3. The summed E-state index contributed by atoms with van der Waals surface area (Å²) in [5.74, 6) is 0.538. The summed E-state index contributed by atoms with van der Waals surface area (Å²) in [6.45, 7) is 5.44. The molecule has 4 heteroatoms. The van der Waals surface area contributed by atoms with Gasteiger partial charge in [0.1, 0.15) is 0 Å². The van der Waals surface area contributed by atoms with Crippen molar-refractivity contribution in [1.29, 1.82) is 0 Å². The third-order valence-electron chi connectivity index (χ3n) is 5.53. The molecule has 0 aromatic heterocycles. The van der Waals surface area contributed by atoms with Gasteiger partial charge in [-0.05, 0) is 50.6 Å². The number of likely N-dealkylation sites (tertiary alicyclic amines) is 1. The Labute approximate surface area is 138 Å². The molecule has 0 spiro atoms. The minimum atomic E-state index is -0.416. The zero-order chi connectivity index (χ0) is 16.3. The Kier molecular flexibility index (Phi) is 5.02. The van der Waals surface area contributed by atoms with E-state index in [0.29, 0.717) is 0 Å². The molecule has 0 saturated carbocycles. The second-order valence-electron chi connectivity index (χ2n) is 7.33. The van der Waals surface area contributed by atoms with Gasteiger partial charge in [0.25, 0.3) is 0 Å². The highest BCUT2D eigenvalue weighted by Crippen LogP contribution is 2.34. The molecule has 2 heterocycles. The van der Waals surface area contributed by atoms with Crippen LogP contribution in [0.3, 0.4) is 0 Å². The van der Waals surface area contributed by atoms with Crippen molar-refractivity contribution < 1.29 is 9.90 Å². The monoisotopic (exact) mass is 316 g/mol. The predicted octanol–water partition coefficient (Wildman–Crippen LogP) is 2.35. The molecule has 0 radical (unpaired) electrons. The number of carbonyl (C=O) groups is 1. The SMILES string of the molecule is CC1(C(=O)N2CCC(C(O)c3ccccc3)CC2)CCCNC1. The third-order valence-corrected chi connectivity index (χ3v) is 5.53. The zero-order valence-corrected chi connectivity index (χ0v) is 14.0. The van der Waals surface area contributed by atoms with Crippen LogP contribution in [0.1, 0.15) is 44.3 Å². The maximum absolute atomic E-state index is 12.8. The van der Waals surface area contributed by atoms with E-state index in [1.54, 1.807) is 0 Å². The molecule has 23 heavy (non-hydrogen) atoms. The molecule has 2 saturated heterocycles. The second kappa shape index (κ2) is 7.02. The molecule has 2 fully saturated rings. The van der Waals surface area contributed by atoms with Crippen LogP contribution >= 0.6 is 0 Å². The molecular formula is C19H28N2O2. The lowest BCUT2D eigenvalue weighted by Gasteiger charge is -2.41. The lowest BCUT2D eigenvalue weighted by atomic mass is 9.80. The summed E-state index contributed by atoms with van der Waals surface area (Å²) < 4.78 is 0. The van der Waals surface area contributed by atoms with Crippen LogP contribution in [0, 0.1) is 11.3 Å². The van der Waals surface area contributed by atoms with Crippen molar-refractivity contribution in [3.63, 3.8) is 0 Å². The smallest absolute Gasteiger partial charge is 0.229 e. The molecule has 126 valence electrons. The summed E-state index contributed by atoms with van der Waals surface area (Å²) in [7, 11) is 0. The predicted molar refractivity (Wildman–Crippen MR) is 90.9 cm³/mol. The van der Waals surface area contributed by atoms with Crippen molar-refractivity contribution in [3.8, 4) is 0 Å². The number of amides is 1. The molecule has 1 aromatic rings. The van der Waals surface area contributed by atoms with E-state index in [2.05, 4.69) is 12.2 Å². The van der Waals surface area contributed by atoms with Gasteiger partial charge < -0.3 is 15.3 Å². The average molecular weight is 316 g/mol. The van der Waals surface area contributed by atoms with Crippen molar-refractivity contribution >= 4 is 5.91 Å². The van der Waals surface area contributed by atoms with Gasteiger partial charge in [-0.2, -0.15) is 0 Å². The molecule has 1 aromatic carbocycles. The second-order valence-corrected chi connectivity index (χ2v) is 7.33. The van der Waals surface area contributed by atoms with Crippen molar-refractivity contribution in [3.05, 3.63) is 35.9 Å². The van der Waals surface area contributed by atoms with E-state index < -0.39 is 6.10 Å². The fourth-order valence-electron chi connectivity index (χ4n) is 3.96. The van der Waals surface area contributed by atoms with Crippen LogP contribution < -0.4 is 5.32 Å². The highest BCUT2D eigenvalue weighted by molar-refractivity contribution is 5.82. The van der Waals surface area contributed by atoms with Crippen LogP contribution in [0.5, 0.6) is 0 Å². The van der Waals surface area contributed by atoms with E-state index in [0.717, 1.165) is 57.4 Å². The van der Waals surface area contributed by atoms with Crippen LogP contribution in [0.25, 0.3) is 0 Å². The van der Waals surface area contributed by atoms with E-state index in [9.17, 15) is 9.90 Å². The van der Waals surface area contributed by atoms with E-state index in [1.807, 2.05) is 35.2 Å². The van der Waals surface area contributed by atoms with Gasteiger partial charge in [-0.1, -0.05) is 30.3 Å². The van der Waals surface area contributed by atoms with Crippen molar-refractivity contribution in [2.75, 3.05) is 26.2 Å². The van der Waals surface area contributed by atoms with Crippen LogP contribution in [-0.2, 0) is 4.79 Å². The molecule has 2 N–H and O–H groups in total. The number of nitrogens with one attached hydrogen (secondary N) is 1. The molecule has 2 aliphatic rings. The average Bonchev–Trinajstić information content (AvgIpc) is 2.62. The number of aliphatic hydroxyl groups is 1. The summed E-state index contributed by atoms with van der Waals surface area (Å²) in [5, 5.41) is 13.9. The molecule has 1 amide bonds. The Morgan fingerprint density at radius 3 is 2.61 bits per heavy atom. The Bertz CT molecular complexity index is 517. The zero-order valence-electron chi connectivity index (χ0n) is 14.0. The van der Waals surface area contributed by atoms with Gasteiger partial charge in [-0.3, -0.25) is 4.79 Å². The Morgan fingerprint density at radius 2 is 2.00 bits per heavy atom. The topological polar surface area (TPSA) is 52.6 Å². The van der Waals surface area contributed by atoms with Crippen molar-refractivity contribution in [2.24, 2.45) is 11.3 Å². The number of rotatable bonds is 3. The first-order chi connectivity index (χ1) is 11.1. The highest BCUT2D eigenvalue weighted by atomic mass is 16.3. The van der Waals surface area contributed by atoms with Gasteiger partial charge in [-0.25, -0.2) is 0 Å². The molecule has 4 nitrogen and oxygen atoms in total. The van der Waals surface area contributed by atoms with Crippen molar-refractivity contribution in [2.45, 2.75) is 38.7 Å². The van der Waals surface area contributed by atoms with Gasteiger partial charge in [0.15, 0.2) is 0 Å². The quantitative estimate of drug-likeness (QED) is 0.900. The fraction of sp³-hybridized carbons (Fsp3) is 0.632. The minimum absolute atomic E-state index is 0.247. The van der Waals surface area contributed by atoms with Crippen molar-refractivity contribution in [1.82, 2.24) is 10.2 Å². The summed E-state index contributed by atoms with van der Waals surface area (Å²) in [5.41, 5.74) is 0.740. The maximum Gasteiger partial charge on any atom is 0.229 e. The van der Waals surface area contributed by atoms with Crippen LogP contribution in [0.15, 0.2) is 30.3 Å². The van der Waals surface area contributed by atoms with E-state index in [4.69, 9.17) is 0 Å². The van der Waals surface area contributed by atoms with Gasteiger partial charge in [0.05, 0.1) is 11.5 Å². The Morgan fingerprint density at radius 1 is 1.30 bits per heavy atom. The van der Waals surface area contributed by atoms with Gasteiger partial charge >= 0.3 is 0 Å². The summed E-state index contributed by atoms with van der Waals surface area (Å²) in [4.78, 5) is 14.9. The Hall–Kier alpha value is -1.39. The number of aliphatic hydroxyl groups excluding tert-OH is 1. The minimum Gasteiger partial charge on any atom is -0.388 e. The summed E-state index contributed by atoms with van der Waals surface area (Å²) >= 11 is 0. The van der Waals surface area contributed by atoms with Gasteiger partial charge in [-0.15, -0.1) is 0 Å². The molecule has 2 aliphatic heterocycles. The van der Waals surface area contributed by atoms with E-state index in [1.165, 1.54) is 0 Å². The van der Waals surface area contributed by atoms with Gasteiger partial charge in [0, 0.05) is 19.6 Å². The largest absolute Gasteiger partial charge is 0.388 e. The molecule has 3 rings (SSSR count). The molecule has 2 unspecified atom stereocenters. The lowest BCUT2D eigenvalue weighted by molar-refractivity contribution is -0.144. The number of carbonyl (C=O) groups excluding carboxylic acids is 1. The maximum atomic E-state index is 12.8. The molecule has 2 atom stereocenters. The first-order valence-corrected chi connectivity index (χ1v) is 8.83. The number of nitrogens with zero attached hydrogens (tertiary/aromatic N) is 1. The van der Waals surface area contributed by atoms with E-state index >= 15 is 0 Å². The molecule has 0 aliphatic carbocycles. The van der Waals surface area contributed by atoms with Gasteiger partial charge in [0.2, 0.25) is 5.91 Å². The van der Waals surface area contributed by atoms with Crippen LogP contribution in [0.4, 0.5) is 0 Å². The first-order valence-electron chi connectivity index (χ1n) is 8.83. The summed E-state index contributed by atoms with van der Waals surface area (Å²) in [6.07, 6.45) is 3.40. The molecular weight excluding hydrogens is 288 g/mol. The Balaban J connectivity index is 1.57. The lowest BCUT2D eigenvalue weighted by Crippen LogP contribution is -2.52. The number of hydrogen-bond donors (Lipinski definition) is 2. The normalized spacial score (nSPS) is 27.7. The standard InChI is InChI=1S/C19H28N2O2/c1-19(10-5-11-20-14-19)18(23)21-12-8-16(9-13-21)17(22)15-6-3-2-4-7-15/h2-4,6-7,16-17,20,22H,5,8-14H2,1H3. The highest BCUT2D eigenvalue weighted by Gasteiger charge is 2.39. The first kappa shape index (κ1) is 16.5. The van der Waals surface area contributed by atoms with E-state index in [-0.39, 0.29) is 17.2 Å². The molecule has 0 bridgehead atoms. The number of piperidine rings is 2. The fourth-order valence-corrected chi connectivity index (χ4v) is 3.96. The summed E-state index contributed by atoms with van der Waals surface area (Å²) in [6, 6.07) is 9.87. The number of benzene rings is 1. The van der Waals surface area contributed by atoms with Crippen LogP contribution in [0.2, 0.25) is 0 Å². The third kappa shape index (κ3) is 3.59.